The third kappa shape index (κ3) is 4.27. The molecule has 4 nitrogen and oxygen atoms in total. The largest absolute Gasteiger partial charge is 0.349 e. The summed E-state index contributed by atoms with van der Waals surface area (Å²) in [5.74, 6) is -0.158. The fourth-order valence-corrected chi connectivity index (χ4v) is 1.24. The molecule has 0 aromatic carbocycles. The summed E-state index contributed by atoms with van der Waals surface area (Å²) in [6.07, 6.45) is 10.0. The number of aromatic nitrogens is 2. The van der Waals surface area contributed by atoms with Crippen molar-refractivity contribution >= 4 is 23.7 Å². The van der Waals surface area contributed by atoms with E-state index in [1.54, 1.807) is 24.5 Å². The van der Waals surface area contributed by atoms with Crippen molar-refractivity contribution in [3.63, 3.8) is 0 Å². The van der Waals surface area contributed by atoms with Crippen LogP contribution >= 0.6 is 11.8 Å². The number of rotatable bonds is 5. The van der Waals surface area contributed by atoms with Crippen LogP contribution in [0.5, 0.6) is 0 Å². The van der Waals surface area contributed by atoms with Crippen molar-refractivity contribution in [2.75, 3.05) is 12.8 Å². The first-order valence-electron chi connectivity index (χ1n) is 4.69. The van der Waals surface area contributed by atoms with Gasteiger partial charge in [0, 0.05) is 30.6 Å². The van der Waals surface area contributed by atoms with Crippen molar-refractivity contribution < 1.29 is 4.79 Å². The van der Waals surface area contributed by atoms with Crippen LogP contribution < -0.4 is 5.32 Å². The summed E-state index contributed by atoms with van der Waals surface area (Å²) in [5.41, 5.74) is 0.798. The number of thioether (sulfide) groups is 1. The lowest BCUT2D eigenvalue weighted by Crippen LogP contribution is -2.20. The van der Waals surface area contributed by atoms with Gasteiger partial charge in [-0.1, -0.05) is 17.8 Å². The predicted octanol–water partition coefficient (Wildman–Crippen LogP) is 1.51. The van der Waals surface area contributed by atoms with Gasteiger partial charge in [0.2, 0.25) is 5.91 Å². The number of nitrogens with one attached hydrogen (secondary N) is 1. The van der Waals surface area contributed by atoms with E-state index in [0.29, 0.717) is 11.7 Å². The van der Waals surface area contributed by atoms with Crippen molar-refractivity contribution in [1.29, 1.82) is 0 Å². The Morgan fingerprint density at radius 1 is 1.56 bits per heavy atom. The van der Waals surface area contributed by atoms with Gasteiger partial charge in [0.1, 0.15) is 0 Å². The molecular formula is C11H13N3OS. The van der Waals surface area contributed by atoms with Gasteiger partial charge in [0.05, 0.1) is 0 Å². The number of carbonyl (C=O) groups is 1. The highest BCUT2D eigenvalue weighted by molar-refractivity contribution is 7.98. The van der Waals surface area contributed by atoms with Crippen molar-refractivity contribution in [1.82, 2.24) is 15.3 Å². The summed E-state index contributed by atoms with van der Waals surface area (Å²) in [6.45, 7) is 3.97. The molecule has 1 N–H and O–H groups in total. The molecule has 1 amide bonds. The molecule has 16 heavy (non-hydrogen) atoms. The molecular weight excluding hydrogens is 222 g/mol. The summed E-state index contributed by atoms with van der Waals surface area (Å²) in [5, 5.41) is 3.35. The molecule has 0 spiro atoms. The Labute approximate surface area is 98.9 Å². The van der Waals surface area contributed by atoms with Crippen LogP contribution in [0.1, 0.15) is 5.56 Å². The molecule has 1 heterocycles. The van der Waals surface area contributed by atoms with Crippen molar-refractivity contribution in [2.24, 2.45) is 0 Å². The molecule has 0 saturated heterocycles. The number of amides is 1. The Morgan fingerprint density at radius 2 is 2.25 bits per heavy atom. The van der Waals surface area contributed by atoms with Crippen molar-refractivity contribution in [3.05, 3.63) is 36.7 Å². The molecule has 0 aliphatic rings. The molecule has 0 atom stereocenters. The minimum Gasteiger partial charge on any atom is -0.349 e. The van der Waals surface area contributed by atoms with Crippen LogP contribution in [0, 0.1) is 0 Å². The van der Waals surface area contributed by atoms with Gasteiger partial charge in [-0.15, -0.1) is 6.58 Å². The molecule has 5 heteroatoms. The Hall–Kier alpha value is -1.62. The van der Waals surface area contributed by atoms with Crippen LogP contribution in [0.2, 0.25) is 0 Å². The van der Waals surface area contributed by atoms with E-state index >= 15 is 0 Å². The Balaban J connectivity index is 2.55. The maximum atomic E-state index is 11.2. The first-order valence-corrected chi connectivity index (χ1v) is 5.91. The highest BCUT2D eigenvalue weighted by Gasteiger charge is 1.94. The average molecular weight is 235 g/mol. The van der Waals surface area contributed by atoms with E-state index in [-0.39, 0.29) is 5.91 Å². The second kappa shape index (κ2) is 6.79. The van der Waals surface area contributed by atoms with Gasteiger partial charge in [-0.25, -0.2) is 9.97 Å². The van der Waals surface area contributed by atoms with Crippen LogP contribution in [-0.4, -0.2) is 28.7 Å². The second-order valence-electron chi connectivity index (χ2n) is 2.87. The summed E-state index contributed by atoms with van der Waals surface area (Å²) in [7, 11) is 0. The van der Waals surface area contributed by atoms with E-state index in [9.17, 15) is 4.79 Å². The predicted molar refractivity (Wildman–Crippen MR) is 66.1 cm³/mol. The molecule has 0 aliphatic heterocycles. The van der Waals surface area contributed by atoms with Crippen LogP contribution in [0.4, 0.5) is 0 Å². The van der Waals surface area contributed by atoms with E-state index in [4.69, 9.17) is 0 Å². The summed E-state index contributed by atoms with van der Waals surface area (Å²) in [4.78, 5) is 19.4. The highest BCUT2D eigenvalue weighted by Crippen LogP contribution is 2.07. The molecule has 0 saturated carbocycles. The summed E-state index contributed by atoms with van der Waals surface area (Å²) >= 11 is 1.48. The Kier molecular flexibility index (Phi) is 5.28. The lowest BCUT2D eigenvalue weighted by Gasteiger charge is -1.96. The van der Waals surface area contributed by atoms with Gasteiger partial charge >= 0.3 is 0 Å². The fourth-order valence-electron chi connectivity index (χ4n) is 0.921. The molecule has 1 rings (SSSR count). The first kappa shape index (κ1) is 12.4. The molecule has 0 aliphatic carbocycles. The van der Waals surface area contributed by atoms with E-state index in [1.807, 2.05) is 6.26 Å². The zero-order valence-electron chi connectivity index (χ0n) is 9.01. The smallest absolute Gasteiger partial charge is 0.244 e. The lowest BCUT2D eigenvalue weighted by atomic mass is 10.3. The number of nitrogens with zero attached hydrogens (tertiary/aromatic N) is 2. The Bertz CT molecular complexity index is 387. The third-order valence-corrected chi connectivity index (χ3v) is 2.25. The topological polar surface area (TPSA) is 54.9 Å². The van der Waals surface area contributed by atoms with Gasteiger partial charge in [-0.3, -0.25) is 4.79 Å². The maximum Gasteiger partial charge on any atom is 0.244 e. The van der Waals surface area contributed by atoms with E-state index in [1.165, 1.54) is 17.8 Å². The number of carbonyl (C=O) groups excluding carboxylic acids is 1. The number of hydrogen-bond acceptors (Lipinski definition) is 4. The van der Waals surface area contributed by atoms with Crippen molar-refractivity contribution in [2.45, 2.75) is 5.16 Å². The molecule has 1 aromatic heterocycles. The third-order valence-electron chi connectivity index (χ3n) is 1.68. The molecule has 1 aromatic rings. The van der Waals surface area contributed by atoms with Crippen LogP contribution in [-0.2, 0) is 4.79 Å². The highest BCUT2D eigenvalue weighted by atomic mass is 32.2. The van der Waals surface area contributed by atoms with Gasteiger partial charge in [0.15, 0.2) is 5.16 Å². The van der Waals surface area contributed by atoms with Gasteiger partial charge in [-0.2, -0.15) is 0 Å². The molecule has 0 radical (unpaired) electrons. The molecule has 84 valence electrons. The zero-order valence-corrected chi connectivity index (χ0v) is 9.83. The van der Waals surface area contributed by atoms with Gasteiger partial charge in [0.25, 0.3) is 0 Å². The lowest BCUT2D eigenvalue weighted by molar-refractivity contribution is -0.116. The zero-order chi connectivity index (χ0) is 11.8. The fraction of sp³-hybridized carbons (Fsp3) is 0.182. The van der Waals surface area contributed by atoms with Crippen LogP contribution in [0.25, 0.3) is 6.08 Å². The Morgan fingerprint density at radius 3 is 2.81 bits per heavy atom. The summed E-state index contributed by atoms with van der Waals surface area (Å²) < 4.78 is 0. The van der Waals surface area contributed by atoms with Gasteiger partial charge in [-0.05, 0) is 12.3 Å². The minimum absolute atomic E-state index is 0.158. The maximum absolute atomic E-state index is 11.2. The van der Waals surface area contributed by atoms with Crippen LogP contribution in [0.15, 0.2) is 36.3 Å². The van der Waals surface area contributed by atoms with E-state index in [2.05, 4.69) is 21.9 Å². The van der Waals surface area contributed by atoms with E-state index < -0.39 is 0 Å². The molecule has 0 bridgehead atoms. The molecule has 0 fully saturated rings. The quantitative estimate of drug-likeness (QED) is 0.364. The number of hydrogen-bond donors (Lipinski definition) is 1. The first-order chi connectivity index (χ1) is 7.76. The minimum atomic E-state index is -0.158. The molecule has 0 unspecified atom stereocenters. The SMILES string of the molecule is C=CCNC(=O)/C=C/c1cnc(SC)nc1. The summed E-state index contributed by atoms with van der Waals surface area (Å²) in [6, 6.07) is 0. The van der Waals surface area contributed by atoms with E-state index in [0.717, 1.165) is 5.56 Å². The van der Waals surface area contributed by atoms with Crippen LogP contribution in [0.3, 0.4) is 0 Å². The normalized spacial score (nSPS) is 10.3. The standard InChI is InChI=1S/C11H13N3OS/c1-3-6-12-10(15)5-4-9-7-13-11(16-2)14-8-9/h3-5,7-8H,1,6H2,2H3,(H,12,15)/b5-4+. The second-order valence-corrected chi connectivity index (χ2v) is 3.64. The monoisotopic (exact) mass is 235 g/mol. The van der Waals surface area contributed by atoms with Gasteiger partial charge < -0.3 is 5.32 Å². The average Bonchev–Trinajstić information content (AvgIpc) is 2.34. The van der Waals surface area contributed by atoms with Crippen molar-refractivity contribution in [3.8, 4) is 0 Å².